The van der Waals surface area contributed by atoms with Crippen molar-refractivity contribution >= 4 is 17.7 Å². The molecule has 1 aliphatic heterocycles. The summed E-state index contributed by atoms with van der Waals surface area (Å²) in [4.78, 5) is 37.1. The van der Waals surface area contributed by atoms with Crippen molar-refractivity contribution in [1.29, 1.82) is 0 Å². The van der Waals surface area contributed by atoms with Crippen molar-refractivity contribution < 1.29 is 23.9 Å². The quantitative estimate of drug-likeness (QED) is 0.474. The van der Waals surface area contributed by atoms with Gasteiger partial charge in [0.1, 0.15) is 5.60 Å². The molecule has 0 amide bonds. The van der Waals surface area contributed by atoms with Crippen LogP contribution in [-0.4, -0.2) is 29.9 Å². The van der Waals surface area contributed by atoms with Gasteiger partial charge < -0.3 is 9.47 Å². The second-order valence-corrected chi connectivity index (χ2v) is 6.30. The summed E-state index contributed by atoms with van der Waals surface area (Å²) in [6, 6.07) is 8.84. The van der Waals surface area contributed by atoms with Gasteiger partial charge in [-0.2, -0.15) is 0 Å². The lowest BCUT2D eigenvalue weighted by molar-refractivity contribution is -0.157. The Hall–Kier alpha value is -2.17. The number of cyclic esters (lactones) is 1. The van der Waals surface area contributed by atoms with Crippen molar-refractivity contribution in [3.63, 3.8) is 0 Å². The van der Waals surface area contributed by atoms with E-state index in [1.165, 1.54) is 0 Å². The SMILES string of the molecule is CCOC(=O)[C@H]1C(=O)OC(C)(C)[C@@H]1[C@@H](C)C(=O)c1ccccc1. The van der Waals surface area contributed by atoms with Crippen molar-refractivity contribution in [2.75, 3.05) is 6.61 Å². The molecule has 1 aromatic rings. The molecule has 5 nitrogen and oxygen atoms in total. The summed E-state index contributed by atoms with van der Waals surface area (Å²) < 4.78 is 10.4. The second kappa shape index (κ2) is 6.52. The zero-order valence-electron chi connectivity index (χ0n) is 13.9. The van der Waals surface area contributed by atoms with Crippen LogP contribution in [0.25, 0.3) is 0 Å². The molecule has 0 N–H and O–H groups in total. The van der Waals surface area contributed by atoms with E-state index in [1.807, 2.05) is 6.07 Å². The maximum absolute atomic E-state index is 12.7. The molecule has 2 rings (SSSR count). The summed E-state index contributed by atoms with van der Waals surface area (Å²) in [7, 11) is 0. The van der Waals surface area contributed by atoms with Crippen LogP contribution in [0, 0.1) is 17.8 Å². The monoisotopic (exact) mass is 318 g/mol. The van der Waals surface area contributed by atoms with E-state index in [4.69, 9.17) is 9.47 Å². The molecular weight excluding hydrogens is 296 g/mol. The first-order valence-corrected chi connectivity index (χ1v) is 7.78. The van der Waals surface area contributed by atoms with Crippen LogP contribution in [0.4, 0.5) is 0 Å². The van der Waals surface area contributed by atoms with Gasteiger partial charge >= 0.3 is 11.9 Å². The third-order valence-corrected chi connectivity index (χ3v) is 4.33. The molecule has 5 heteroatoms. The minimum atomic E-state index is -1.06. The van der Waals surface area contributed by atoms with E-state index in [0.717, 1.165) is 0 Å². The lowest BCUT2D eigenvalue weighted by Gasteiger charge is -2.30. The van der Waals surface area contributed by atoms with Gasteiger partial charge in [0.15, 0.2) is 11.7 Å². The molecule has 1 aromatic carbocycles. The molecule has 23 heavy (non-hydrogen) atoms. The number of ether oxygens (including phenoxy) is 2. The van der Waals surface area contributed by atoms with E-state index < -0.39 is 35.3 Å². The fraction of sp³-hybridized carbons (Fsp3) is 0.500. The Labute approximate surface area is 136 Å². The number of rotatable bonds is 5. The Balaban J connectivity index is 2.34. The topological polar surface area (TPSA) is 69.7 Å². The first-order valence-electron chi connectivity index (χ1n) is 7.78. The van der Waals surface area contributed by atoms with Crippen molar-refractivity contribution in [2.24, 2.45) is 17.8 Å². The number of esters is 2. The molecule has 0 spiro atoms. The van der Waals surface area contributed by atoms with Gasteiger partial charge in [0.25, 0.3) is 0 Å². The summed E-state index contributed by atoms with van der Waals surface area (Å²) >= 11 is 0. The predicted octanol–water partition coefficient (Wildman–Crippen LogP) is 2.64. The predicted molar refractivity (Wildman–Crippen MR) is 83.7 cm³/mol. The Kier molecular flexibility index (Phi) is 4.88. The highest BCUT2D eigenvalue weighted by molar-refractivity contribution is 6.01. The molecule has 1 saturated heterocycles. The fourth-order valence-corrected chi connectivity index (χ4v) is 3.33. The van der Waals surface area contributed by atoms with Crippen molar-refractivity contribution in [1.82, 2.24) is 0 Å². The molecule has 0 saturated carbocycles. The van der Waals surface area contributed by atoms with Gasteiger partial charge in [-0.3, -0.25) is 14.4 Å². The lowest BCUT2D eigenvalue weighted by Crippen LogP contribution is -2.41. The van der Waals surface area contributed by atoms with Crippen LogP contribution in [0.15, 0.2) is 30.3 Å². The van der Waals surface area contributed by atoms with Crippen LogP contribution < -0.4 is 0 Å². The van der Waals surface area contributed by atoms with E-state index in [-0.39, 0.29) is 12.4 Å². The van der Waals surface area contributed by atoms with Gasteiger partial charge in [-0.05, 0) is 20.8 Å². The van der Waals surface area contributed by atoms with Crippen LogP contribution in [0.5, 0.6) is 0 Å². The van der Waals surface area contributed by atoms with E-state index in [1.54, 1.807) is 52.0 Å². The molecule has 0 aliphatic carbocycles. The average molecular weight is 318 g/mol. The molecule has 3 atom stereocenters. The fourth-order valence-electron chi connectivity index (χ4n) is 3.33. The molecule has 1 aliphatic rings. The second-order valence-electron chi connectivity index (χ2n) is 6.30. The molecule has 0 bridgehead atoms. The maximum Gasteiger partial charge on any atom is 0.321 e. The zero-order chi connectivity index (χ0) is 17.2. The van der Waals surface area contributed by atoms with Gasteiger partial charge in [0.05, 0.1) is 6.61 Å². The highest BCUT2D eigenvalue weighted by Crippen LogP contribution is 2.43. The van der Waals surface area contributed by atoms with Crippen molar-refractivity contribution in [3.8, 4) is 0 Å². The minimum Gasteiger partial charge on any atom is -0.465 e. The molecule has 0 unspecified atom stereocenters. The molecule has 1 heterocycles. The van der Waals surface area contributed by atoms with Crippen molar-refractivity contribution in [3.05, 3.63) is 35.9 Å². The van der Waals surface area contributed by atoms with E-state index in [2.05, 4.69) is 0 Å². The molecular formula is C18H22O5. The number of Topliss-reactive ketones (excluding diaryl/α,β-unsaturated/α-hetero) is 1. The first-order chi connectivity index (χ1) is 10.8. The lowest BCUT2D eigenvalue weighted by atomic mass is 9.72. The highest BCUT2D eigenvalue weighted by Gasteiger charge is 2.57. The van der Waals surface area contributed by atoms with Gasteiger partial charge in [-0.1, -0.05) is 37.3 Å². The smallest absolute Gasteiger partial charge is 0.321 e. The largest absolute Gasteiger partial charge is 0.465 e. The Bertz CT molecular complexity index is 605. The van der Waals surface area contributed by atoms with Crippen LogP contribution in [0.3, 0.4) is 0 Å². The zero-order valence-corrected chi connectivity index (χ0v) is 13.9. The van der Waals surface area contributed by atoms with Gasteiger partial charge in [-0.25, -0.2) is 0 Å². The standard InChI is InChI=1S/C18H22O5/c1-5-22-16(20)13-14(18(3,4)23-17(13)21)11(2)15(19)12-9-7-6-8-10-12/h6-11,13-14H,5H2,1-4H3/t11-,13+,14-/m1/s1. The third-order valence-electron chi connectivity index (χ3n) is 4.33. The van der Waals surface area contributed by atoms with E-state index in [0.29, 0.717) is 5.56 Å². The number of ketones is 1. The maximum atomic E-state index is 12.7. The Morgan fingerprint density at radius 1 is 1.26 bits per heavy atom. The third kappa shape index (κ3) is 3.28. The normalized spacial score (nSPS) is 23.9. The minimum absolute atomic E-state index is 0.115. The number of carbonyl (C=O) groups is 3. The molecule has 0 radical (unpaired) electrons. The van der Waals surface area contributed by atoms with Crippen LogP contribution >= 0.6 is 0 Å². The average Bonchev–Trinajstić information content (AvgIpc) is 2.75. The van der Waals surface area contributed by atoms with E-state index in [9.17, 15) is 14.4 Å². The summed E-state index contributed by atoms with van der Waals surface area (Å²) in [6.07, 6.45) is 0. The van der Waals surface area contributed by atoms with Gasteiger partial charge in [0.2, 0.25) is 0 Å². The Morgan fingerprint density at radius 2 is 1.87 bits per heavy atom. The van der Waals surface area contributed by atoms with Gasteiger partial charge in [-0.15, -0.1) is 0 Å². The van der Waals surface area contributed by atoms with Crippen molar-refractivity contribution in [2.45, 2.75) is 33.3 Å². The first kappa shape index (κ1) is 17.2. The van der Waals surface area contributed by atoms with Gasteiger partial charge in [0, 0.05) is 17.4 Å². The van der Waals surface area contributed by atoms with Crippen LogP contribution in [-0.2, 0) is 19.1 Å². The molecule has 0 aromatic heterocycles. The summed E-state index contributed by atoms with van der Waals surface area (Å²) in [5, 5.41) is 0. The van der Waals surface area contributed by atoms with E-state index >= 15 is 0 Å². The number of carbonyl (C=O) groups excluding carboxylic acids is 3. The number of hydrogen-bond donors (Lipinski definition) is 0. The van der Waals surface area contributed by atoms with Crippen LogP contribution in [0.2, 0.25) is 0 Å². The highest BCUT2D eigenvalue weighted by atomic mass is 16.6. The molecule has 124 valence electrons. The molecule has 1 fully saturated rings. The summed E-state index contributed by atoms with van der Waals surface area (Å²) in [6.45, 7) is 7.04. The number of hydrogen-bond acceptors (Lipinski definition) is 5. The Morgan fingerprint density at radius 3 is 2.43 bits per heavy atom. The number of benzene rings is 1. The summed E-state index contributed by atoms with van der Waals surface area (Å²) in [5.41, 5.74) is -0.351. The van der Waals surface area contributed by atoms with Crippen LogP contribution in [0.1, 0.15) is 38.1 Å². The summed E-state index contributed by atoms with van der Waals surface area (Å²) in [5.74, 6) is -3.54.